The molecule has 1 atom stereocenters. The van der Waals surface area contributed by atoms with Crippen LogP contribution in [-0.2, 0) is 6.42 Å². The molecule has 1 aromatic heterocycles. The molecule has 5 nitrogen and oxygen atoms in total. The van der Waals surface area contributed by atoms with E-state index in [1.54, 1.807) is 4.90 Å². The van der Waals surface area contributed by atoms with Crippen molar-refractivity contribution in [1.82, 2.24) is 10.2 Å². The smallest absolute Gasteiger partial charge is 0.278 e. The van der Waals surface area contributed by atoms with Crippen LogP contribution < -0.4 is 10.5 Å². The van der Waals surface area contributed by atoms with Gasteiger partial charge in [0.1, 0.15) is 5.69 Å². The number of benzene rings is 1. The summed E-state index contributed by atoms with van der Waals surface area (Å²) < 4.78 is 0. The first-order valence-corrected chi connectivity index (χ1v) is 6.60. The van der Waals surface area contributed by atoms with E-state index in [1.165, 1.54) is 17.7 Å². The molecule has 1 amide bonds. The summed E-state index contributed by atoms with van der Waals surface area (Å²) in [6.45, 7) is 2.78. The Morgan fingerprint density at radius 2 is 2.10 bits per heavy atom. The first-order chi connectivity index (χ1) is 9.65. The van der Waals surface area contributed by atoms with Crippen LogP contribution in [-0.4, -0.2) is 22.6 Å². The molecule has 102 valence electrons. The van der Waals surface area contributed by atoms with Gasteiger partial charge in [-0.05, 0) is 30.0 Å². The zero-order chi connectivity index (χ0) is 14.1. The maximum Gasteiger partial charge on any atom is 0.278 e. The number of aromatic amines is 1. The standard InChI is InChI=1S/C15H15N3O2/c1-10-8-11-4-2-3-5-13(11)18(9-10)15(20)12-6-7-14(19)17-16-12/h2-7,10H,8-9H2,1H3,(H,17,19). The normalized spacial score (nSPS) is 17.6. The molecule has 0 spiro atoms. The average molecular weight is 269 g/mol. The molecule has 1 aromatic carbocycles. The number of carbonyl (C=O) groups excluding carboxylic acids is 1. The molecule has 0 saturated heterocycles. The number of nitrogens with zero attached hydrogens (tertiary/aromatic N) is 2. The number of fused-ring (bicyclic) bond motifs is 1. The fourth-order valence-corrected chi connectivity index (χ4v) is 2.59. The highest BCUT2D eigenvalue weighted by Crippen LogP contribution is 2.30. The summed E-state index contributed by atoms with van der Waals surface area (Å²) in [7, 11) is 0. The van der Waals surface area contributed by atoms with Crippen molar-refractivity contribution in [1.29, 1.82) is 0 Å². The van der Waals surface area contributed by atoms with E-state index < -0.39 is 0 Å². The number of anilines is 1. The maximum atomic E-state index is 12.6. The number of hydrogen-bond acceptors (Lipinski definition) is 3. The van der Waals surface area contributed by atoms with E-state index in [9.17, 15) is 9.59 Å². The van der Waals surface area contributed by atoms with Crippen molar-refractivity contribution >= 4 is 11.6 Å². The number of carbonyl (C=O) groups is 1. The number of amides is 1. The Morgan fingerprint density at radius 3 is 2.85 bits per heavy atom. The largest absolute Gasteiger partial charge is 0.306 e. The van der Waals surface area contributed by atoms with Gasteiger partial charge in [0.15, 0.2) is 0 Å². The van der Waals surface area contributed by atoms with Crippen LogP contribution in [0.5, 0.6) is 0 Å². The summed E-state index contributed by atoms with van der Waals surface area (Å²) >= 11 is 0. The monoisotopic (exact) mass is 269 g/mol. The number of rotatable bonds is 1. The molecule has 0 bridgehead atoms. The number of aromatic nitrogens is 2. The Bertz CT molecular complexity index is 688. The molecule has 0 saturated carbocycles. The van der Waals surface area contributed by atoms with E-state index in [2.05, 4.69) is 17.1 Å². The van der Waals surface area contributed by atoms with Crippen molar-refractivity contribution in [2.24, 2.45) is 5.92 Å². The van der Waals surface area contributed by atoms with E-state index in [0.29, 0.717) is 12.5 Å². The molecule has 1 aliphatic rings. The third-order valence-electron chi connectivity index (χ3n) is 3.49. The lowest BCUT2D eigenvalue weighted by atomic mass is 9.93. The second-order valence-electron chi connectivity index (χ2n) is 5.16. The van der Waals surface area contributed by atoms with Crippen LogP contribution >= 0.6 is 0 Å². The summed E-state index contributed by atoms with van der Waals surface area (Å²) in [5.74, 6) is 0.219. The minimum atomic E-state index is -0.311. The van der Waals surface area contributed by atoms with Crippen molar-refractivity contribution < 1.29 is 4.79 Å². The zero-order valence-corrected chi connectivity index (χ0v) is 11.2. The van der Waals surface area contributed by atoms with Crippen LogP contribution in [0, 0.1) is 5.92 Å². The topological polar surface area (TPSA) is 66.1 Å². The van der Waals surface area contributed by atoms with Gasteiger partial charge < -0.3 is 4.90 Å². The number of H-pyrrole nitrogens is 1. The van der Waals surface area contributed by atoms with Gasteiger partial charge >= 0.3 is 0 Å². The van der Waals surface area contributed by atoms with Crippen LogP contribution in [0.15, 0.2) is 41.2 Å². The molecule has 0 aliphatic carbocycles. The molecule has 2 heterocycles. The molecule has 0 fully saturated rings. The number of para-hydroxylation sites is 1. The summed E-state index contributed by atoms with van der Waals surface area (Å²) in [6, 6.07) is 10.7. The van der Waals surface area contributed by atoms with Gasteiger partial charge in [0.2, 0.25) is 0 Å². The molecule has 3 rings (SSSR count). The Hall–Kier alpha value is -2.43. The molecule has 20 heavy (non-hydrogen) atoms. The summed E-state index contributed by atoms with van der Waals surface area (Å²) in [5, 5.41) is 6.12. The first-order valence-electron chi connectivity index (χ1n) is 6.60. The van der Waals surface area contributed by atoms with Gasteiger partial charge in [-0.25, -0.2) is 5.10 Å². The molecule has 5 heteroatoms. The van der Waals surface area contributed by atoms with Gasteiger partial charge in [0, 0.05) is 18.3 Å². The molecule has 0 radical (unpaired) electrons. The van der Waals surface area contributed by atoms with E-state index in [0.717, 1.165) is 12.1 Å². The highest BCUT2D eigenvalue weighted by atomic mass is 16.2. The van der Waals surface area contributed by atoms with E-state index >= 15 is 0 Å². The van der Waals surface area contributed by atoms with Crippen LogP contribution in [0.2, 0.25) is 0 Å². The lowest BCUT2D eigenvalue weighted by molar-refractivity contribution is 0.0975. The van der Waals surface area contributed by atoms with Crippen LogP contribution in [0.1, 0.15) is 23.0 Å². The fraction of sp³-hybridized carbons (Fsp3) is 0.267. The van der Waals surface area contributed by atoms with Gasteiger partial charge in [0.05, 0.1) is 0 Å². The minimum absolute atomic E-state index is 0.180. The lowest BCUT2D eigenvalue weighted by Gasteiger charge is -2.32. The second-order valence-corrected chi connectivity index (χ2v) is 5.16. The average Bonchev–Trinajstić information content (AvgIpc) is 2.46. The maximum absolute atomic E-state index is 12.6. The Kier molecular flexibility index (Phi) is 3.10. The summed E-state index contributed by atoms with van der Waals surface area (Å²) in [6.07, 6.45) is 0.971. The number of nitrogens with one attached hydrogen (secondary N) is 1. The van der Waals surface area contributed by atoms with Crippen LogP contribution in [0.4, 0.5) is 5.69 Å². The predicted molar refractivity (Wildman–Crippen MR) is 75.8 cm³/mol. The van der Waals surface area contributed by atoms with Gasteiger partial charge in [-0.15, -0.1) is 0 Å². The zero-order valence-electron chi connectivity index (χ0n) is 11.2. The third-order valence-corrected chi connectivity index (χ3v) is 3.49. The van der Waals surface area contributed by atoms with E-state index in [4.69, 9.17) is 0 Å². The lowest BCUT2D eigenvalue weighted by Crippen LogP contribution is -2.39. The predicted octanol–water partition coefficient (Wildman–Crippen LogP) is 1.61. The van der Waals surface area contributed by atoms with E-state index in [1.807, 2.05) is 24.3 Å². The Labute approximate surface area is 116 Å². The van der Waals surface area contributed by atoms with Crippen molar-refractivity contribution in [3.63, 3.8) is 0 Å². The van der Waals surface area contributed by atoms with Crippen LogP contribution in [0.3, 0.4) is 0 Å². The third kappa shape index (κ3) is 2.22. The Balaban J connectivity index is 1.99. The molecule has 1 aliphatic heterocycles. The van der Waals surface area contributed by atoms with E-state index in [-0.39, 0.29) is 17.2 Å². The highest BCUT2D eigenvalue weighted by molar-refractivity contribution is 6.05. The fourth-order valence-electron chi connectivity index (χ4n) is 2.59. The van der Waals surface area contributed by atoms with Gasteiger partial charge in [-0.3, -0.25) is 9.59 Å². The Morgan fingerprint density at radius 1 is 1.30 bits per heavy atom. The van der Waals surface area contributed by atoms with Crippen LogP contribution in [0.25, 0.3) is 0 Å². The van der Waals surface area contributed by atoms with Crippen molar-refractivity contribution in [3.05, 3.63) is 58.0 Å². The SMILES string of the molecule is CC1Cc2ccccc2N(C(=O)c2ccc(=O)[nH]n2)C1. The highest BCUT2D eigenvalue weighted by Gasteiger charge is 2.27. The summed E-state index contributed by atoms with van der Waals surface area (Å²) in [5.41, 5.74) is 2.05. The first kappa shape index (κ1) is 12.6. The van der Waals surface area contributed by atoms with Crippen molar-refractivity contribution in [2.75, 3.05) is 11.4 Å². The van der Waals surface area contributed by atoms with Gasteiger partial charge in [0.25, 0.3) is 11.5 Å². The molecular formula is C15H15N3O2. The minimum Gasteiger partial charge on any atom is -0.306 e. The van der Waals surface area contributed by atoms with Gasteiger partial charge in [-0.1, -0.05) is 25.1 Å². The second kappa shape index (κ2) is 4.92. The molecular weight excluding hydrogens is 254 g/mol. The van der Waals surface area contributed by atoms with Crippen molar-refractivity contribution in [3.8, 4) is 0 Å². The number of hydrogen-bond donors (Lipinski definition) is 1. The van der Waals surface area contributed by atoms with Crippen molar-refractivity contribution in [2.45, 2.75) is 13.3 Å². The van der Waals surface area contributed by atoms with Gasteiger partial charge in [-0.2, -0.15) is 5.10 Å². The quantitative estimate of drug-likeness (QED) is 0.855. The molecule has 1 unspecified atom stereocenters. The molecule has 2 aromatic rings. The summed E-state index contributed by atoms with van der Waals surface area (Å²) in [4.78, 5) is 25.3. The molecule has 1 N–H and O–H groups in total.